The first kappa shape index (κ1) is 15.3. The number of rotatable bonds is 3. The van der Waals surface area contributed by atoms with Crippen LogP contribution in [0.4, 0.5) is 9.18 Å². The van der Waals surface area contributed by atoms with Crippen LogP contribution in [0.15, 0.2) is 42.5 Å². The van der Waals surface area contributed by atoms with Crippen molar-refractivity contribution in [3.8, 4) is 0 Å². The van der Waals surface area contributed by atoms with Crippen molar-refractivity contribution in [2.75, 3.05) is 6.67 Å². The lowest BCUT2D eigenvalue weighted by atomic mass is 9.99. The average Bonchev–Trinajstić information content (AvgIpc) is 2.42. The summed E-state index contributed by atoms with van der Waals surface area (Å²) in [5.41, 5.74) is 0.144. The van der Waals surface area contributed by atoms with Crippen molar-refractivity contribution in [2.24, 2.45) is 0 Å². The summed E-state index contributed by atoms with van der Waals surface area (Å²) in [6.07, 6.45) is -0.613. The number of benzene rings is 2. The van der Waals surface area contributed by atoms with Crippen molar-refractivity contribution >= 4 is 16.9 Å². The SMILES string of the molecule is CC(C)(C)OC(=O)NC(CF)c1cccc2ccccc12. The smallest absolute Gasteiger partial charge is 0.408 e. The van der Waals surface area contributed by atoms with E-state index < -0.39 is 24.4 Å². The van der Waals surface area contributed by atoms with Gasteiger partial charge in [-0.05, 0) is 37.1 Å². The van der Waals surface area contributed by atoms with Gasteiger partial charge in [0.05, 0.1) is 6.04 Å². The number of carbonyl (C=O) groups excluding carboxylic acids is 1. The minimum Gasteiger partial charge on any atom is -0.444 e. The van der Waals surface area contributed by atoms with Crippen molar-refractivity contribution in [3.63, 3.8) is 0 Å². The van der Waals surface area contributed by atoms with Crippen LogP contribution in [0.3, 0.4) is 0 Å². The molecule has 0 spiro atoms. The van der Waals surface area contributed by atoms with Gasteiger partial charge in [-0.2, -0.15) is 0 Å². The fourth-order valence-electron chi connectivity index (χ4n) is 2.20. The van der Waals surface area contributed by atoms with Crippen LogP contribution >= 0.6 is 0 Å². The average molecular weight is 289 g/mol. The number of amides is 1. The van der Waals surface area contributed by atoms with E-state index in [0.717, 1.165) is 16.3 Å². The lowest BCUT2D eigenvalue weighted by Gasteiger charge is -2.23. The Morgan fingerprint density at radius 3 is 2.52 bits per heavy atom. The fourth-order valence-corrected chi connectivity index (χ4v) is 2.20. The molecule has 0 aliphatic rings. The van der Waals surface area contributed by atoms with E-state index in [9.17, 15) is 9.18 Å². The molecule has 1 atom stereocenters. The Morgan fingerprint density at radius 2 is 1.86 bits per heavy atom. The number of hydrogen-bond donors (Lipinski definition) is 1. The number of halogens is 1. The van der Waals surface area contributed by atoms with E-state index in [2.05, 4.69) is 5.32 Å². The van der Waals surface area contributed by atoms with Crippen LogP contribution in [-0.2, 0) is 4.74 Å². The lowest BCUT2D eigenvalue weighted by Crippen LogP contribution is -2.35. The summed E-state index contributed by atoms with van der Waals surface area (Å²) < 4.78 is 18.6. The second-order valence-electron chi connectivity index (χ2n) is 5.92. The molecule has 0 aromatic heterocycles. The molecule has 2 aromatic carbocycles. The van der Waals surface area contributed by atoms with Crippen molar-refractivity contribution in [2.45, 2.75) is 32.4 Å². The Labute approximate surface area is 124 Å². The molecule has 4 heteroatoms. The molecule has 0 fully saturated rings. The zero-order valence-corrected chi connectivity index (χ0v) is 12.5. The van der Waals surface area contributed by atoms with Gasteiger partial charge in [-0.1, -0.05) is 42.5 Å². The van der Waals surface area contributed by atoms with Gasteiger partial charge in [0.1, 0.15) is 12.3 Å². The summed E-state index contributed by atoms with van der Waals surface area (Å²) >= 11 is 0. The number of carbonyl (C=O) groups is 1. The molecule has 0 aliphatic carbocycles. The first-order valence-electron chi connectivity index (χ1n) is 6.94. The topological polar surface area (TPSA) is 38.3 Å². The van der Waals surface area contributed by atoms with Gasteiger partial charge in [-0.15, -0.1) is 0 Å². The maximum absolute atomic E-state index is 13.4. The molecule has 112 valence electrons. The van der Waals surface area contributed by atoms with Crippen LogP contribution in [0.2, 0.25) is 0 Å². The monoisotopic (exact) mass is 289 g/mol. The van der Waals surface area contributed by atoms with Gasteiger partial charge < -0.3 is 10.1 Å². The molecule has 3 nitrogen and oxygen atoms in total. The predicted molar refractivity (Wildman–Crippen MR) is 82.0 cm³/mol. The molecule has 1 unspecified atom stereocenters. The summed E-state index contributed by atoms with van der Waals surface area (Å²) in [6.45, 7) is 4.63. The summed E-state index contributed by atoms with van der Waals surface area (Å²) in [7, 11) is 0. The first-order chi connectivity index (χ1) is 9.90. The minimum absolute atomic E-state index is 0.607. The van der Waals surface area contributed by atoms with Gasteiger partial charge in [0.25, 0.3) is 0 Å². The number of nitrogens with one attached hydrogen (secondary N) is 1. The molecule has 2 aromatic rings. The van der Waals surface area contributed by atoms with E-state index in [4.69, 9.17) is 4.74 Å². The minimum atomic E-state index is -0.717. The third-order valence-corrected chi connectivity index (χ3v) is 3.04. The molecule has 0 radical (unpaired) electrons. The largest absolute Gasteiger partial charge is 0.444 e. The number of ether oxygens (including phenoxy) is 1. The van der Waals surface area contributed by atoms with E-state index in [1.807, 2.05) is 42.5 Å². The summed E-state index contributed by atoms with van der Waals surface area (Å²) in [5, 5.41) is 4.54. The summed E-state index contributed by atoms with van der Waals surface area (Å²) in [6, 6.07) is 12.6. The molecule has 0 heterocycles. The zero-order valence-electron chi connectivity index (χ0n) is 12.5. The standard InChI is InChI=1S/C17H20FNO2/c1-17(2,3)21-16(20)19-15(11-18)14-10-6-8-12-7-4-5-9-13(12)14/h4-10,15H,11H2,1-3H3,(H,19,20). The Morgan fingerprint density at radius 1 is 1.19 bits per heavy atom. The highest BCUT2D eigenvalue weighted by Gasteiger charge is 2.21. The van der Waals surface area contributed by atoms with Crippen molar-refractivity contribution in [1.29, 1.82) is 0 Å². The molecule has 1 N–H and O–H groups in total. The Bertz CT molecular complexity index is 629. The second kappa shape index (κ2) is 6.12. The molecule has 0 bridgehead atoms. The molecule has 0 saturated carbocycles. The highest BCUT2D eigenvalue weighted by Crippen LogP contribution is 2.25. The van der Waals surface area contributed by atoms with Gasteiger partial charge in [0.2, 0.25) is 0 Å². The van der Waals surface area contributed by atoms with E-state index in [1.54, 1.807) is 20.8 Å². The van der Waals surface area contributed by atoms with Crippen molar-refractivity contribution in [3.05, 3.63) is 48.0 Å². The van der Waals surface area contributed by atoms with Crippen molar-refractivity contribution in [1.82, 2.24) is 5.32 Å². The first-order valence-corrected chi connectivity index (χ1v) is 6.94. The lowest BCUT2D eigenvalue weighted by molar-refractivity contribution is 0.0496. The van der Waals surface area contributed by atoms with Crippen LogP contribution in [0.1, 0.15) is 32.4 Å². The second-order valence-corrected chi connectivity index (χ2v) is 5.92. The highest BCUT2D eigenvalue weighted by molar-refractivity contribution is 5.86. The van der Waals surface area contributed by atoms with Crippen LogP contribution in [-0.4, -0.2) is 18.4 Å². The molecule has 2 rings (SSSR count). The molecule has 1 amide bonds. The highest BCUT2D eigenvalue weighted by atomic mass is 19.1. The predicted octanol–water partition coefficient (Wildman–Crippen LogP) is 4.38. The van der Waals surface area contributed by atoms with Gasteiger partial charge >= 0.3 is 6.09 Å². The van der Waals surface area contributed by atoms with E-state index in [0.29, 0.717) is 0 Å². The maximum Gasteiger partial charge on any atom is 0.408 e. The van der Waals surface area contributed by atoms with Gasteiger partial charge in [-0.3, -0.25) is 0 Å². The number of hydrogen-bond acceptors (Lipinski definition) is 2. The maximum atomic E-state index is 13.4. The number of fused-ring (bicyclic) bond motifs is 1. The van der Waals surface area contributed by atoms with Crippen LogP contribution in [0.25, 0.3) is 10.8 Å². The number of alkyl halides is 1. The quantitative estimate of drug-likeness (QED) is 0.911. The third kappa shape index (κ3) is 3.94. The van der Waals surface area contributed by atoms with Crippen molar-refractivity contribution < 1.29 is 13.9 Å². The molecule has 0 saturated heterocycles. The molecule has 21 heavy (non-hydrogen) atoms. The van der Waals surface area contributed by atoms with E-state index in [-0.39, 0.29) is 0 Å². The van der Waals surface area contributed by atoms with Crippen LogP contribution in [0.5, 0.6) is 0 Å². The van der Waals surface area contributed by atoms with E-state index >= 15 is 0 Å². The Hall–Kier alpha value is -2.10. The Kier molecular flexibility index (Phi) is 4.46. The van der Waals surface area contributed by atoms with Crippen LogP contribution < -0.4 is 5.32 Å². The molecular weight excluding hydrogens is 269 g/mol. The van der Waals surface area contributed by atoms with Gasteiger partial charge in [-0.25, -0.2) is 9.18 Å². The fraction of sp³-hybridized carbons (Fsp3) is 0.353. The normalized spacial score (nSPS) is 13.0. The summed E-state index contributed by atoms with van der Waals surface area (Å²) in [4.78, 5) is 11.8. The molecular formula is C17H20FNO2. The van der Waals surface area contributed by atoms with Crippen LogP contribution in [0, 0.1) is 0 Å². The van der Waals surface area contributed by atoms with E-state index in [1.165, 1.54) is 0 Å². The third-order valence-electron chi connectivity index (χ3n) is 3.04. The molecule has 0 aliphatic heterocycles. The Balaban J connectivity index is 2.26. The number of alkyl carbamates (subject to hydrolysis) is 1. The van der Waals surface area contributed by atoms with Gasteiger partial charge in [0.15, 0.2) is 0 Å². The van der Waals surface area contributed by atoms with Gasteiger partial charge in [0, 0.05) is 0 Å². The zero-order chi connectivity index (χ0) is 15.5. The summed E-state index contributed by atoms with van der Waals surface area (Å²) in [5.74, 6) is 0.